The molecule has 0 saturated carbocycles. The third-order valence-electron chi connectivity index (χ3n) is 4.97. The first-order chi connectivity index (χ1) is 8.75. The minimum atomic E-state index is 0.609. The van der Waals surface area contributed by atoms with E-state index in [9.17, 15) is 0 Å². The van der Waals surface area contributed by atoms with Crippen molar-refractivity contribution >= 4 is 0 Å². The second kappa shape index (κ2) is 3.47. The minimum absolute atomic E-state index is 0.609. The van der Waals surface area contributed by atoms with E-state index in [0.717, 1.165) is 0 Å². The summed E-state index contributed by atoms with van der Waals surface area (Å²) >= 11 is 0. The molecule has 0 heteroatoms. The van der Waals surface area contributed by atoms with Gasteiger partial charge in [0.25, 0.3) is 0 Å². The average Bonchev–Trinajstić information content (AvgIpc) is 2.40. The van der Waals surface area contributed by atoms with Gasteiger partial charge in [-0.2, -0.15) is 0 Å². The average molecular weight is 234 g/mol. The van der Waals surface area contributed by atoms with Crippen LogP contribution in [0.1, 0.15) is 13.8 Å². The maximum atomic E-state index is 2.49. The van der Waals surface area contributed by atoms with E-state index in [1.165, 1.54) is 22.3 Å². The Balaban J connectivity index is 1.98. The van der Waals surface area contributed by atoms with Crippen LogP contribution in [0.15, 0.2) is 70.9 Å². The summed E-state index contributed by atoms with van der Waals surface area (Å²) in [5, 5.41) is 0. The molecule has 0 N–H and O–H groups in total. The van der Waals surface area contributed by atoms with Gasteiger partial charge in [0, 0.05) is 11.8 Å². The first-order valence-corrected chi connectivity index (χ1v) is 6.93. The van der Waals surface area contributed by atoms with Crippen molar-refractivity contribution in [2.45, 2.75) is 13.8 Å². The molecule has 4 rings (SSSR count). The Hall–Kier alpha value is -1.56. The van der Waals surface area contributed by atoms with Crippen LogP contribution < -0.4 is 0 Å². The van der Waals surface area contributed by atoms with Crippen LogP contribution in [0, 0.1) is 23.7 Å². The van der Waals surface area contributed by atoms with E-state index >= 15 is 0 Å². The molecule has 0 nitrogen and oxygen atoms in total. The predicted octanol–water partition coefficient (Wildman–Crippen LogP) is 4.36. The van der Waals surface area contributed by atoms with Crippen LogP contribution in [0.3, 0.4) is 0 Å². The Morgan fingerprint density at radius 2 is 1.83 bits per heavy atom. The quantitative estimate of drug-likeness (QED) is 0.584. The zero-order valence-corrected chi connectivity index (χ0v) is 10.9. The molecule has 0 aromatic heterocycles. The molecular formula is C18H18. The van der Waals surface area contributed by atoms with Gasteiger partial charge in [-0.05, 0) is 41.1 Å². The third kappa shape index (κ3) is 1.21. The smallest absolute Gasteiger partial charge is 0.0163 e. The van der Waals surface area contributed by atoms with Crippen LogP contribution in [-0.4, -0.2) is 0 Å². The largest absolute Gasteiger partial charge is 0.0802 e. The number of allylic oxidation sites excluding steroid dienone is 12. The minimum Gasteiger partial charge on any atom is -0.0802 e. The Morgan fingerprint density at radius 1 is 1.00 bits per heavy atom. The topological polar surface area (TPSA) is 0 Å². The van der Waals surface area contributed by atoms with Crippen molar-refractivity contribution < 1.29 is 0 Å². The number of hydrogen-bond acceptors (Lipinski definition) is 0. The summed E-state index contributed by atoms with van der Waals surface area (Å²) in [4.78, 5) is 0. The molecule has 0 saturated heterocycles. The van der Waals surface area contributed by atoms with Crippen molar-refractivity contribution in [3.05, 3.63) is 70.9 Å². The third-order valence-corrected chi connectivity index (χ3v) is 4.97. The lowest BCUT2D eigenvalue weighted by molar-refractivity contribution is 0.298. The van der Waals surface area contributed by atoms with E-state index in [0.29, 0.717) is 23.7 Å². The molecule has 4 unspecified atom stereocenters. The Bertz CT molecular complexity index is 590. The molecule has 0 aliphatic heterocycles. The molecule has 0 heterocycles. The highest BCUT2D eigenvalue weighted by molar-refractivity contribution is 5.56. The van der Waals surface area contributed by atoms with Crippen LogP contribution >= 0.6 is 0 Å². The van der Waals surface area contributed by atoms with Crippen LogP contribution in [0.5, 0.6) is 0 Å². The summed E-state index contributed by atoms with van der Waals surface area (Å²) in [6.07, 6.45) is 18.7. The SMILES string of the molecule is CC1=C2C=CC3=CC=CC4C(C)C=C(C=C1)C2C34. The lowest BCUT2D eigenvalue weighted by Crippen LogP contribution is -2.37. The fourth-order valence-corrected chi connectivity index (χ4v) is 4.07. The van der Waals surface area contributed by atoms with Gasteiger partial charge in [0.15, 0.2) is 0 Å². The van der Waals surface area contributed by atoms with E-state index in [4.69, 9.17) is 0 Å². The van der Waals surface area contributed by atoms with Gasteiger partial charge in [-0.1, -0.05) is 55.5 Å². The predicted molar refractivity (Wildman–Crippen MR) is 75.9 cm³/mol. The molecule has 0 aromatic carbocycles. The van der Waals surface area contributed by atoms with Crippen molar-refractivity contribution in [2.24, 2.45) is 23.7 Å². The van der Waals surface area contributed by atoms with Gasteiger partial charge >= 0.3 is 0 Å². The van der Waals surface area contributed by atoms with Crippen molar-refractivity contribution in [3.63, 3.8) is 0 Å². The molecule has 0 aromatic rings. The summed E-state index contributed by atoms with van der Waals surface area (Å²) < 4.78 is 0. The molecule has 90 valence electrons. The second-order valence-corrected chi connectivity index (χ2v) is 5.96. The first kappa shape index (κ1) is 10.4. The molecule has 0 spiro atoms. The monoisotopic (exact) mass is 234 g/mol. The Morgan fingerprint density at radius 3 is 2.72 bits per heavy atom. The summed E-state index contributed by atoms with van der Waals surface area (Å²) in [6.45, 7) is 4.60. The molecule has 4 aliphatic carbocycles. The highest BCUT2D eigenvalue weighted by Gasteiger charge is 2.42. The van der Waals surface area contributed by atoms with Gasteiger partial charge in [0.1, 0.15) is 0 Å². The van der Waals surface area contributed by atoms with Gasteiger partial charge in [-0.3, -0.25) is 0 Å². The summed E-state index contributed by atoms with van der Waals surface area (Å²) in [7, 11) is 0. The van der Waals surface area contributed by atoms with Crippen LogP contribution in [0.2, 0.25) is 0 Å². The normalized spacial score (nSPS) is 39.4. The molecule has 4 atom stereocenters. The second-order valence-electron chi connectivity index (χ2n) is 5.96. The maximum absolute atomic E-state index is 2.49. The van der Waals surface area contributed by atoms with E-state index in [-0.39, 0.29) is 0 Å². The summed E-state index contributed by atoms with van der Waals surface area (Å²) in [6, 6.07) is 0. The fourth-order valence-electron chi connectivity index (χ4n) is 4.07. The molecule has 4 aliphatic rings. The van der Waals surface area contributed by atoms with Crippen molar-refractivity contribution in [3.8, 4) is 0 Å². The molecular weight excluding hydrogens is 216 g/mol. The van der Waals surface area contributed by atoms with E-state index in [1.807, 2.05) is 0 Å². The molecule has 0 fully saturated rings. The number of rotatable bonds is 0. The first-order valence-electron chi connectivity index (χ1n) is 6.93. The molecule has 18 heavy (non-hydrogen) atoms. The van der Waals surface area contributed by atoms with E-state index in [2.05, 4.69) is 62.5 Å². The van der Waals surface area contributed by atoms with Gasteiger partial charge in [-0.15, -0.1) is 0 Å². The molecule has 0 radical (unpaired) electrons. The molecule has 0 bridgehead atoms. The lowest BCUT2D eigenvalue weighted by atomic mass is 9.58. The number of hydrogen-bond donors (Lipinski definition) is 0. The highest BCUT2D eigenvalue weighted by atomic mass is 14.5. The highest BCUT2D eigenvalue weighted by Crippen LogP contribution is 2.52. The lowest BCUT2D eigenvalue weighted by Gasteiger charge is -2.46. The van der Waals surface area contributed by atoms with Crippen molar-refractivity contribution in [1.82, 2.24) is 0 Å². The maximum Gasteiger partial charge on any atom is 0.0163 e. The van der Waals surface area contributed by atoms with E-state index in [1.54, 1.807) is 0 Å². The van der Waals surface area contributed by atoms with Gasteiger partial charge in [-0.25, -0.2) is 0 Å². The summed E-state index contributed by atoms with van der Waals surface area (Å²) in [5.41, 5.74) is 6.04. The van der Waals surface area contributed by atoms with Crippen molar-refractivity contribution in [2.75, 3.05) is 0 Å². The zero-order valence-electron chi connectivity index (χ0n) is 10.9. The van der Waals surface area contributed by atoms with Crippen LogP contribution in [-0.2, 0) is 0 Å². The summed E-state index contributed by atoms with van der Waals surface area (Å²) in [5.74, 6) is 2.61. The van der Waals surface area contributed by atoms with Crippen LogP contribution in [0.4, 0.5) is 0 Å². The Kier molecular flexibility index (Phi) is 2.00. The standard InChI is InChI=1S/C18H18/c1-11-6-7-14-10-12(2)15-5-3-4-13-8-9-16(11)18(14)17(13)15/h3-10,12,15,17-18H,1-2H3. The van der Waals surface area contributed by atoms with Crippen molar-refractivity contribution in [1.29, 1.82) is 0 Å². The van der Waals surface area contributed by atoms with Gasteiger partial charge in [0.05, 0.1) is 0 Å². The molecule has 0 amide bonds. The van der Waals surface area contributed by atoms with Gasteiger partial charge in [0.2, 0.25) is 0 Å². The Labute approximate surface area is 109 Å². The van der Waals surface area contributed by atoms with Crippen LogP contribution in [0.25, 0.3) is 0 Å². The van der Waals surface area contributed by atoms with E-state index < -0.39 is 0 Å². The fraction of sp³-hybridized carbons (Fsp3) is 0.333. The zero-order chi connectivity index (χ0) is 12.3. The van der Waals surface area contributed by atoms with Gasteiger partial charge < -0.3 is 0 Å².